The van der Waals surface area contributed by atoms with Crippen molar-refractivity contribution in [1.29, 1.82) is 0 Å². The molecule has 1 atom stereocenters. The summed E-state index contributed by atoms with van der Waals surface area (Å²) in [5.74, 6) is -0.0362. The summed E-state index contributed by atoms with van der Waals surface area (Å²) in [5, 5.41) is 0. The highest BCUT2D eigenvalue weighted by molar-refractivity contribution is 5.77. The Labute approximate surface area is 134 Å². The number of carbonyl (C=O) groups is 1. The van der Waals surface area contributed by atoms with Crippen LogP contribution < -0.4 is 0 Å². The van der Waals surface area contributed by atoms with Crippen molar-refractivity contribution in [3.63, 3.8) is 0 Å². The first-order chi connectivity index (χ1) is 10.7. The summed E-state index contributed by atoms with van der Waals surface area (Å²) in [4.78, 5) is 14.9. The average Bonchev–Trinajstić information content (AvgIpc) is 2.56. The summed E-state index contributed by atoms with van der Waals surface area (Å²) in [6.45, 7) is 7.37. The molecule has 0 radical (unpaired) electrons. The van der Waals surface area contributed by atoms with Gasteiger partial charge < -0.3 is 9.64 Å². The first kappa shape index (κ1) is 16.8. The fraction of sp³-hybridized carbons (Fsp3) is 0.526. The smallest absolute Gasteiger partial charge is 0.313 e. The zero-order chi connectivity index (χ0) is 15.8. The van der Waals surface area contributed by atoms with Gasteiger partial charge in [-0.1, -0.05) is 49.4 Å². The molecule has 0 spiro atoms. The summed E-state index contributed by atoms with van der Waals surface area (Å²) >= 11 is 0. The monoisotopic (exact) mass is 301 g/mol. The Balaban J connectivity index is 2.10. The van der Waals surface area contributed by atoms with E-state index >= 15 is 0 Å². The molecule has 3 heteroatoms. The molecular formula is C19H27NO2. The van der Waals surface area contributed by atoms with Crippen molar-refractivity contribution in [2.24, 2.45) is 5.41 Å². The van der Waals surface area contributed by atoms with Gasteiger partial charge >= 0.3 is 5.97 Å². The topological polar surface area (TPSA) is 29.5 Å². The van der Waals surface area contributed by atoms with Gasteiger partial charge in [0.05, 0.1) is 12.0 Å². The van der Waals surface area contributed by atoms with Gasteiger partial charge in [0.1, 0.15) is 0 Å². The van der Waals surface area contributed by atoms with Crippen LogP contribution in [0.5, 0.6) is 0 Å². The van der Waals surface area contributed by atoms with E-state index in [4.69, 9.17) is 4.74 Å². The quantitative estimate of drug-likeness (QED) is 0.749. The SMILES string of the molecule is CCOC(=O)C1(C/C=C/c2ccccc2)CCCN(CC)C1. The fourth-order valence-electron chi connectivity index (χ4n) is 3.18. The highest BCUT2D eigenvalue weighted by atomic mass is 16.5. The van der Waals surface area contributed by atoms with E-state index in [0.29, 0.717) is 6.61 Å². The summed E-state index contributed by atoms with van der Waals surface area (Å²) in [6.07, 6.45) is 6.96. The molecular weight excluding hydrogens is 274 g/mol. The number of ether oxygens (including phenoxy) is 1. The van der Waals surface area contributed by atoms with Gasteiger partial charge in [-0.15, -0.1) is 0 Å². The van der Waals surface area contributed by atoms with Crippen LogP contribution in [0.25, 0.3) is 6.08 Å². The van der Waals surface area contributed by atoms with Gasteiger partial charge in [0.2, 0.25) is 0 Å². The molecule has 1 aromatic rings. The second-order valence-electron chi connectivity index (χ2n) is 5.99. The molecule has 22 heavy (non-hydrogen) atoms. The predicted octanol–water partition coefficient (Wildman–Crippen LogP) is 3.76. The van der Waals surface area contributed by atoms with Crippen LogP contribution in [0, 0.1) is 5.41 Å². The number of hydrogen-bond acceptors (Lipinski definition) is 3. The number of carbonyl (C=O) groups excluding carboxylic acids is 1. The minimum atomic E-state index is -0.379. The van der Waals surface area contributed by atoms with Crippen molar-refractivity contribution < 1.29 is 9.53 Å². The molecule has 3 nitrogen and oxygen atoms in total. The largest absolute Gasteiger partial charge is 0.466 e. The molecule has 0 aromatic heterocycles. The molecule has 2 rings (SSSR count). The van der Waals surface area contributed by atoms with Gasteiger partial charge in [0.25, 0.3) is 0 Å². The van der Waals surface area contributed by atoms with Crippen molar-refractivity contribution in [3.05, 3.63) is 42.0 Å². The third kappa shape index (κ3) is 4.20. The highest BCUT2D eigenvalue weighted by Crippen LogP contribution is 2.35. The standard InChI is InChI=1S/C19H27NO2/c1-3-20-15-9-14-19(16-20,18(21)22-4-2)13-8-12-17-10-6-5-7-11-17/h5-8,10-12H,3-4,9,13-16H2,1-2H3/b12-8+. The van der Waals surface area contributed by atoms with Crippen molar-refractivity contribution in [2.45, 2.75) is 33.1 Å². The van der Waals surface area contributed by atoms with Crippen LogP contribution in [0.2, 0.25) is 0 Å². The predicted molar refractivity (Wildman–Crippen MR) is 90.5 cm³/mol. The maximum Gasteiger partial charge on any atom is 0.313 e. The number of likely N-dealkylation sites (tertiary alicyclic amines) is 1. The number of esters is 1. The van der Waals surface area contributed by atoms with Gasteiger partial charge in [-0.2, -0.15) is 0 Å². The van der Waals surface area contributed by atoms with Crippen molar-refractivity contribution in [3.8, 4) is 0 Å². The van der Waals surface area contributed by atoms with E-state index in [2.05, 4.69) is 36.1 Å². The summed E-state index contributed by atoms with van der Waals surface area (Å²) < 4.78 is 5.38. The van der Waals surface area contributed by atoms with E-state index in [1.54, 1.807) is 0 Å². The Morgan fingerprint density at radius 2 is 2.09 bits per heavy atom. The Bertz CT molecular complexity index is 497. The van der Waals surface area contributed by atoms with Crippen LogP contribution in [0.3, 0.4) is 0 Å². The number of piperidine rings is 1. The molecule has 0 aliphatic carbocycles. The lowest BCUT2D eigenvalue weighted by Crippen LogP contribution is -2.48. The maximum atomic E-state index is 12.5. The lowest BCUT2D eigenvalue weighted by atomic mass is 9.77. The van der Waals surface area contributed by atoms with Crippen molar-refractivity contribution in [1.82, 2.24) is 4.90 Å². The zero-order valence-corrected chi connectivity index (χ0v) is 13.8. The van der Waals surface area contributed by atoms with Crippen LogP contribution in [-0.4, -0.2) is 37.1 Å². The molecule has 120 valence electrons. The van der Waals surface area contributed by atoms with Crippen LogP contribution in [0.1, 0.15) is 38.7 Å². The van der Waals surface area contributed by atoms with E-state index < -0.39 is 0 Å². The Hall–Kier alpha value is -1.61. The van der Waals surface area contributed by atoms with Crippen LogP contribution in [0.4, 0.5) is 0 Å². The molecule has 1 aliphatic heterocycles. The molecule has 1 aromatic carbocycles. The molecule has 1 saturated heterocycles. The number of rotatable bonds is 6. The van der Waals surface area contributed by atoms with Gasteiger partial charge in [0, 0.05) is 6.54 Å². The molecule has 0 N–H and O–H groups in total. The number of hydrogen-bond donors (Lipinski definition) is 0. The normalized spacial score (nSPS) is 22.8. The van der Waals surface area contributed by atoms with E-state index in [1.165, 1.54) is 5.56 Å². The van der Waals surface area contributed by atoms with E-state index in [9.17, 15) is 4.79 Å². The lowest BCUT2D eigenvalue weighted by Gasteiger charge is -2.40. The molecule has 1 unspecified atom stereocenters. The first-order valence-corrected chi connectivity index (χ1v) is 8.31. The number of benzene rings is 1. The molecule has 0 saturated carbocycles. The van der Waals surface area contributed by atoms with Crippen molar-refractivity contribution >= 4 is 12.0 Å². The third-order valence-electron chi connectivity index (χ3n) is 4.43. The second-order valence-corrected chi connectivity index (χ2v) is 5.99. The minimum Gasteiger partial charge on any atom is -0.466 e. The van der Waals surface area contributed by atoms with E-state index in [0.717, 1.165) is 38.9 Å². The maximum absolute atomic E-state index is 12.5. The molecule has 1 heterocycles. The molecule has 0 bridgehead atoms. The highest BCUT2D eigenvalue weighted by Gasteiger charge is 2.42. The molecule has 1 aliphatic rings. The fourth-order valence-corrected chi connectivity index (χ4v) is 3.18. The lowest BCUT2D eigenvalue weighted by molar-refractivity contribution is -0.158. The number of allylic oxidation sites excluding steroid dienone is 1. The second kappa shape index (κ2) is 8.14. The average molecular weight is 301 g/mol. The molecule has 1 fully saturated rings. The summed E-state index contributed by atoms with van der Waals surface area (Å²) in [5.41, 5.74) is 0.792. The third-order valence-corrected chi connectivity index (χ3v) is 4.43. The van der Waals surface area contributed by atoms with Gasteiger partial charge in [-0.05, 0) is 44.8 Å². The van der Waals surface area contributed by atoms with Gasteiger partial charge in [-0.3, -0.25) is 4.79 Å². The Morgan fingerprint density at radius 3 is 2.77 bits per heavy atom. The Morgan fingerprint density at radius 1 is 1.32 bits per heavy atom. The number of nitrogens with zero attached hydrogens (tertiary/aromatic N) is 1. The van der Waals surface area contributed by atoms with Gasteiger partial charge in [0.15, 0.2) is 0 Å². The summed E-state index contributed by atoms with van der Waals surface area (Å²) in [6, 6.07) is 10.2. The minimum absolute atomic E-state index is 0.0362. The molecule has 0 amide bonds. The van der Waals surface area contributed by atoms with Gasteiger partial charge in [-0.25, -0.2) is 0 Å². The van der Waals surface area contributed by atoms with E-state index in [1.807, 2.05) is 25.1 Å². The first-order valence-electron chi connectivity index (χ1n) is 8.31. The van der Waals surface area contributed by atoms with Crippen LogP contribution in [0.15, 0.2) is 36.4 Å². The van der Waals surface area contributed by atoms with E-state index in [-0.39, 0.29) is 11.4 Å². The van der Waals surface area contributed by atoms with Crippen LogP contribution >= 0.6 is 0 Å². The zero-order valence-electron chi connectivity index (χ0n) is 13.8. The van der Waals surface area contributed by atoms with Crippen LogP contribution in [-0.2, 0) is 9.53 Å². The Kier molecular flexibility index (Phi) is 6.20. The van der Waals surface area contributed by atoms with Crippen molar-refractivity contribution in [2.75, 3.05) is 26.2 Å². The summed E-state index contributed by atoms with van der Waals surface area (Å²) in [7, 11) is 0.